The van der Waals surface area contributed by atoms with Crippen LogP contribution in [0.5, 0.6) is 11.6 Å². The molecule has 9 heteroatoms. The van der Waals surface area contributed by atoms with Gasteiger partial charge in [0.25, 0.3) is 5.69 Å². The fraction of sp³-hybridized carbons (Fsp3) is 0. The van der Waals surface area contributed by atoms with Crippen LogP contribution in [-0.4, -0.2) is 20.8 Å². The van der Waals surface area contributed by atoms with Crippen LogP contribution in [0.4, 0.5) is 17.1 Å². The molecule has 1 heterocycles. The van der Waals surface area contributed by atoms with Crippen molar-refractivity contribution in [2.45, 2.75) is 0 Å². The first-order valence-electron chi connectivity index (χ1n) is 7.42. The maximum absolute atomic E-state index is 11.3. The lowest BCUT2D eigenvalue weighted by Gasteiger charge is -2.10. The van der Waals surface area contributed by atoms with Gasteiger partial charge in [-0.1, -0.05) is 6.07 Å². The average Bonchev–Trinajstić information content (AvgIpc) is 2.63. The standard InChI is InChI=1S/C17H13N5O4/c18-17(23)11-4-5-14(15(8-11)22(24)25)21-12-2-1-3-13(9-12)26-16-10-19-6-7-20-16/h1-10,21H,(H2,18,23). The van der Waals surface area contributed by atoms with Gasteiger partial charge in [0.1, 0.15) is 11.4 Å². The Morgan fingerprint density at radius 2 is 2.04 bits per heavy atom. The molecule has 3 rings (SSSR count). The van der Waals surface area contributed by atoms with Crippen molar-refractivity contribution >= 4 is 23.0 Å². The third kappa shape index (κ3) is 3.90. The number of primary amides is 1. The number of ether oxygens (including phenoxy) is 1. The molecule has 130 valence electrons. The highest BCUT2D eigenvalue weighted by molar-refractivity contribution is 5.94. The number of carbonyl (C=O) groups is 1. The molecule has 9 nitrogen and oxygen atoms in total. The molecule has 0 aliphatic carbocycles. The predicted molar refractivity (Wildman–Crippen MR) is 93.4 cm³/mol. The molecule has 0 radical (unpaired) electrons. The van der Waals surface area contributed by atoms with Gasteiger partial charge in [0.05, 0.1) is 11.1 Å². The van der Waals surface area contributed by atoms with Gasteiger partial charge in [-0.05, 0) is 24.3 Å². The quantitative estimate of drug-likeness (QED) is 0.515. The molecule has 0 saturated heterocycles. The van der Waals surface area contributed by atoms with Crippen molar-refractivity contribution in [1.82, 2.24) is 9.97 Å². The largest absolute Gasteiger partial charge is 0.437 e. The van der Waals surface area contributed by atoms with E-state index in [-0.39, 0.29) is 16.9 Å². The molecule has 0 bridgehead atoms. The summed E-state index contributed by atoms with van der Waals surface area (Å²) in [6.45, 7) is 0. The summed E-state index contributed by atoms with van der Waals surface area (Å²) in [6, 6.07) is 10.8. The van der Waals surface area contributed by atoms with Gasteiger partial charge in [0.15, 0.2) is 0 Å². The molecule has 2 aromatic carbocycles. The Balaban J connectivity index is 1.86. The van der Waals surface area contributed by atoms with Gasteiger partial charge < -0.3 is 15.8 Å². The monoisotopic (exact) mass is 351 g/mol. The van der Waals surface area contributed by atoms with Crippen LogP contribution in [0.25, 0.3) is 0 Å². The summed E-state index contributed by atoms with van der Waals surface area (Å²) < 4.78 is 5.58. The predicted octanol–water partition coefficient (Wildman–Crippen LogP) is 3.02. The number of carbonyl (C=O) groups excluding carboxylic acids is 1. The van der Waals surface area contributed by atoms with Crippen LogP contribution < -0.4 is 15.8 Å². The molecule has 0 unspecified atom stereocenters. The number of anilines is 2. The number of rotatable bonds is 6. The van der Waals surface area contributed by atoms with Gasteiger partial charge >= 0.3 is 0 Å². The third-order valence-corrected chi connectivity index (χ3v) is 3.35. The molecule has 0 saturated carbocycles. The van der Waals surface area contributed by atoms with E-state index in [9.17, 15) is 14.9 Å². The van der Waals surface area contributed by atoms with Crippen LogP contribution >= 0.6 is 0 Å². The molecule has 0 aliphatic rings. The Kier molecular flexibility index (Phi) is 4.70. The Hall–Kier alpha value is -4.01. The van der Waals surface area contributed by atoms with E-state index in [2.05, 4.69) is 15.3 Å². The number of benzene rings is 2. The van der Waals surface area contributed by atoms with E-state index in [1.807, 2.05) is 0 Å². The maximum Gasteiger partial charge on any atom is 0.293 e. The van der Waals surface area contributed by atoms with Crippen LogP contribution in [0.3, 0.4) is 0 Å². The number of aromatic nitrogens is 2. The first-order chi connectivity index (χ1) is 12.5. The molecular weight excluding hydrogens is 338 g/mol. The number of nitrogens with one attached hydrogen (secondary N) is 1. The molecule has 26 heavy (non-hydrogen) atoms. The van der Waals surface area contributed by atoms with Crippen LogP contribution in [0.1, 0.15) is 10.4 Å². The molecule has 0 aliphatic heterocycles. The Labute approximate surface area is 147 Å². The topological polar surface area (TPSA) is 133 Å². The summed E-state index contributed by atoms with van der Waals surface area (Å²) in [5.41, 5.74) is 5.74. The zero-order valence-electron chi connectivity index (χ0n) is 13.3. The third-order valence-electron chi connectivity index (χ3n) is 3.35. The fourth-order valence-corrected chi connectivity index (χ4v) is 2.19. The van der Waals surface area contributed by atoms with E-state index in [0.717, 1.165) is 6.07 Å². The Morgan fingerprint density at radius 3 is 2.73 bits per heavy atom. The van der Waals surface area contributed by atoms with Crippen molar-refractivity contribution in [3.8, 4) is 11.6 Å². The first-order valence-corrected chi connectivity index (χ1v) is 7.42. The molecule has 0 fully saturated rings. The summed E-state index contributed by atoms with van der Waals surface area (Å²) in [5.74, 6) is 0.0624. The lowest BCUT2D eigenvalue weighted by atomic mass is 10.1. The molecule has 1 amide bonds. The second-order valence-corrected chi connectivity index (χ2v) is 5.15. The smallest absolute Gasteiger partial charge is 0.293 e. The first kappa shape index (κ1) is 16.8. The molecular formula is C17H13N5O4. The van der Waals surface area contributed by atoms with Crippen molar-refractivity contribution in [1.29, 1.82) is 0 Å². The maximum atomic E-state index is 11.3. The molecule has 0 spiro atoms. The summed E-state index contributed by atoms with van der Waals surface area (Å²) in [5, 5.41) is 14.2. The van der Waals surface area contributed by atoms with Gasteiger partial charge in [-0.3, -0.25) is 19.9 Å². The number of nitrogens with two attached hydrogens (primary N) is 1. The zero-order chi connectivity index (χ0) is 18.5. The van der Waals surface area contributed by atoms with Crippen molar-refractivity contribution in [2.75, 3.05) is 5.32 Å². The minimum Gasteiger partial charge on any atom is -0.437 e. The minimum absolute atomic E-state index is 0.0574. The van der Waals surface area contributed by atoms with Crippen LogP contribution in [0, 0.1) is 10.1 Å². The highest BCUT2D eigenvalue weighted by atomic mass is 16.6. The van der Waals surface area contributed by atoms with E-state index in [1.165, 1.54) is 30.7 Å². The van der Waals surface area contributed by atoms with E-state index in [4.69, 9.17) is 10.5 Å². The second kappa shape index (κ2) is 7.26. The molecule has 0 atom stereocenters. The van der Waals surface area contributed by atoms with Crippen molar-refractivity contribution in [3.05, 3.63) is 76.7 Å². The van der Waals surface area contributed by atoms with Gasteiger partial charge in [-0.25, -0.2) is 4.98 Å². The number of amides is 1. The molecule has 3 aromatic rings. The number of nitrogens with zero attached hydrogens (tertiary/aromatic N) is 3. The summed E-state index contributed by atoms with van der Waals surface area (Å²) >= 11 is 0. The number of hydrogen-bond acceptors (Lipinski definition) is 7. The number of hydrogen-bond donors (Lipinski definition) is 2. The van der Waals surface area contributed by atoms with E-state index in [1.54, 1.807) is 24.3 Å². The summed E-state index contributed by atoms with van der Waals surface area (Å²) in [6.07, 6.45) is 4.49. The Morgan fingerprint density at radius 1 is 1.19 bits per heavy atom. The van der Waals surface area contributed by atoms with E-state index < -0.39 is 10.8 Å². The second-order valence-electron chi connectivity index (χ2n) is 5.15. The average molecular weight is 351 g/mol. The fourth-order valence-electron chi connectivity index (χ4n) is 2.19. The van der Waals surface area contributed by atoms with Crippen molar-refractivity contribution in [3.63, 3.8) is 0 Å². The molecule has 1 aromatic heterocycles. The number of nitro benzene ring substituents is 1. The Bertz CT molecular complexity index is 962. The van der Waals surface area contributed by atoms with Crippen molar-refractivity contribution < 1.29 is 14.5 Å². The van der Waals surface area contributed by atoms with Gasteiger partial charge in [0, 0.05) is 35.8 Å². The van der Waals surface area contributed by atoms with Crippen LogP contribution in [0.2, 0.25) is 0 Å². The van der Waals surface area contributed by atoms with Crippen LogP contribution in [0.15, 0.2) is 61.1 Å². The minimum atomic E-state index is -0.737. The van der Waals surface area contributed by atoms with Crippen molar-refractivity contribution in [2.24, 2.45) is 5.73 Å². The summed E-state index contributed by atoms with van der Waals surface area (Å²) in [4.78, 5) is 29.8. The molecule has 3 N–H and O–H groups in total. The lowest BCUT2D eigenvalue weighted by molar-refractivity contribution is -0.383. The normalized spacial score (nSPS) is 10.2. The highest BCUT2D eigenvalue weighted by Crippen LogP contribution is 2.30. The van der Waals surface area contributed by atoms with E-state index >= 15 is 0 Å². The van der Waals surface area contributed by atoms with Gasteiger partial charge in [-0.15, -0.1) is 0 Å². The van der Waals surface area contributed by atoms with E-state index in [0.29, 0.717) is 17.3 Å². The zero-order valence-corrected chi connectivity index (χ0v) is 13.3. The van der Waals surface area contributed by atoms with Gasteiger partial charge in [-0.2, -0.15) is 0 Å². The lowest BCUT2D eigenvalue weighted by Crippen LogP contribution is -2.11. The number of nitro groups is 1. The van der Waals surface area contributed by atoms with Crippen LogP contribution in [-0.2, 0) is 0 Å². The summed E-state index contributed by atoms with van der Waals surface area (Å²) in [7, 11) is 0. The highest BCUT2D eigenvalue weighted by Gasteiger charge is 2.17. The SMILES string of the molecule is NC(=O)c1ccc(Nc2cccc(Oc3cnccn3)c2)c([N+](=O)[O-])c1. The van der Waals surface area contributed by atoms with Gasteiger partial charge in [0.2, 0.25) is 11.8 Å².